The van der Waals surface area contributed by atoms with Gasteiger partial charge in [-0.1, -0.05) is 0 Å². The SMILES string of the molecule is O=C(O)C[C@H](NCCO)C(=O)O.[H-].[H-].[Na+].[Na+]. The number of nitrogens with one attached hydrogen (secondary N) is 1. The maximum atomic E-state index is 10.3. The quantitative estimate of drug-likeness (QED) is 0.335. The Kier molecular flexibility index (Phi) is 17.3. The molecule has 4 N–H and O–H groups in total. The van der Waals surface area contributed by atoms with Crippen molar-refractivity contribution in [2.45, 2.75) is 12.5 Å². The molecule has 0 aromatic carbocycles. The molecule has 0 unspecified atom stereocenters. The van der Waals surface area contributed by atoms with E-state index in [2.05, 4.69) is 5.32 Å². The first-order chi connectivity index (χ1) is 5.57. The van der Waals surface area contributed by atoms with Crippen molar-refractivity contribution in [2.75, 3.05) is 13.2 Å². The molecule has 0 saturated carbocycles. The second-order valence-corrected chi connectivity index (χ2v) is 2.17. The largest absolute Gasteiger partial charge is 1.00 e. The van der Waals surface area contributed by atoms with E-state index in [0.717, 1.165) is 0 Å². The summed E-state index contributed by atoms with van der Waals surface area (Å²) >= 11 is 0. The molecule has 0 amide bonds. The van der Waals surface area contributed by atoms with Gasteiger partial charge in [0.05, 0.1) is 13.0 Å². The molecule has 0 heterocycles. The molecule has 14 heavy (non-hydrogen) atoms. The van der Waals surface area contributed by atoms with Crippen molar-refractivity contribution in [3.8, 4) is 0 Å². The molecule has 0 fully saturated rings. The smallest absolute Gasteiger partial charge is 1.00 e. The second kappa shape index (κ2) is 11.9. The van der Waals surface area contributed by atoms with Gasteiger partial charge in [0, 0.05) is 6.54 Å². The Balaban J connectivity index is -0.000000101. The first kappa shape index (κ1) is 20.3. The Morgan fingerprint density at radius 3 is 2.07 bits per heavy atom. The fourth-order valence-electron chi connectivity index (χ4n) is 0.660. The molecule has 8 heteroatoms. The Labute approximate surface area is 129 Å². The molecule has 0 aliphatic heterocycles. The third-order valence-corrected chi connectivity index (χ3v) is 1.18. The maximum absolute atomic E-state index is 10.3. The second-order valence-electron chi connectivity index (χ2n) is 2.17. The van der Waals surface area contributed by atoms with Crippen LogP contribution in [0.15, 0.2) is 0 Å². The van der Waals surface area contributed by atoms with Gasteiger partial charge in [0.1, 0.15) is 6.04 Å². The molecule has 0 aromatic rings. The molecule has 0 rings (SSSR count). The zero-order chi connectivity index (χ0) is 9.56. The van der Waals surface area contributed by atoms with E-state index in [-0.39, 0.29) is 75.1 Å². The predicted octanol–water partition coefficient (Wildman–Crippen LogP) is -7.27. The van der Waals surface area contributed by atoms with E-state index < -0.39 is 24.4 Å². The van der Waals surface area contributed by atoms with Gasteiger partial charge in [-0.2, -0.15) is 0 Å². The van der Waals surface area contributed by atoms with E-state index in [1.165, 1.54) is 0 Å². The van der Waals surface area contributed by atoms with E-state index in [9.17, 15) is 9.59 Å². The molecule has 0 aromatic heterocycles. The van der Waals surface area contributed by atoms with Crippen LogP contribution in [0.5, 0.6) is 0 Å². The van der Waals surface area contributed by atoms with Crippen molar-refractivity contribution in [1.29, 1.82) is 0 Å². The molecule has 0 saturated heterocycles. The number of carboxylic acids is 2. The molecule has 74 valence electrons. The van der Waals surface area contributed by atoms with Crippen LogP contribution in [-0.2, 0) is 9.59 Å². The zero-order valence-corrected chi connectivity index (χ0v) is 12.4. The summed E-state index contributed by atoms with van der Waals surface area (Å²) in [5, 5.41) is 27.4. The van der Waals surface area contributed by atoms with Gasteiger partial charge in [0.25, 0.3) is 0 Å². The van der Waals surface area contributed by atoms with Crippen LogP contribution >= 0.6 is 0 Å². The molecule has 0 spiro atoms. The number of aliphatic carboxylic acids is 2. The normalized spacial score (nSPS) is 10.6. The van der Waals surface area contributed by atoms with Crippen molar-refractivity contribution >= 4 is 11.9 Å². The van der Waals surface area contributed by atoms with E-state index in [4.69, 9.17) is 15.3 Å². The average Bonchev–Trinajstić information content (AvgIpc) is 1.96. The third kappa shape index (κ3) is 10.9. The number of carbonyl (C=O) groups is 2. The van der Waals surface area contributed by atoms with Gasteiger partial charge in [-0.25, -0.2) is 0 Å². The van der Waals surface area contributed by atoms with Gasteiger partial charge in [-0.05, 0) is 0 Å². The summed E-state index contributed by atoms with van der Waals surface area (Å²) in [7, 11) is 0. The van der Waals surface area contributed by atoms with Gasteiger partial charge in [-0.15, -0.1) is 0 Å². The standard InChI is InChI=1S/C6H11NO5.2Na.2H/c8-2-1-7-4(6(11)12)3-5(9)10;;;;/h4,7-8H,1-3H2,(H,9,10)(H,11,12);;;;/q;2*+1;2*-1/t4-;;;;/m0..../s1. The third-order valence-electron chi connectivity index (χ3n) is 1.18. The van der Waals surface area contributed by atoms with Crippen LogP contribution < -0.4 is 64.4 Å². The minimum Gasteiger partial charge on any atom is -1.00 e. The van der Waals surface area contributed by atoms with Crippen LogP contribution in [0.25, 0.3) is 0 Å². The summed E-state index contributed by atoms with van der Waals surface area (Å²) in [4.78, 5) is 20.4. The molecular formula is C6H13NNa2O5. The molecule has 6 nitrogen and oxygen atoms in total. The van der Waals surface area contributed by atoms with Gasteiger partial charge in [0.2, 0.25) is 0 Å². The predicted molar refractivity (Wildman–Crippen MR) is 41.0 cm³/mol. The maximum Gasteiger partial charge on any atom is 1.00 e. The monoisotopic (exact) mass is 225 g/mol. The van der Waals surface area contributed by atoms with Crippen molar-refractivity contribution in [3.05, 3.63) is 0 Å². The summed E-state index contributed by atoms with van der Waals surface area (Å²) in [6.07, 6.45) is -0.491. The van der Waals surface area contributed by atoms with Crippen LogP contribution in [0.3, 0.4) is 0 Å². The number of aliphatic hydroxyl groups is 1. The van der Waals surface area contributed by atoms with E-state index in [1.807, 2.05) is 0 Å². The van der Waals surface area contributed by atoms with Crippen molar-refractivity contribution in [1.82, 2.24) is 5.32 Å². The van der Waals surface area contributed by atoms with Gasteiger partial charge < -0.3 is 23.5 Å². The van der Waals surface area contributed by atoms with E-state index >= 15 is 0 Å². The fourth-order valence-corrected chi connectivity index (χ4v) is 0.660. The molecular weight excluding hydrogens is 212 g/mol. The van der Waals surface area contributed by atoms with Gasteiger partial charge in [-0.3, -0.25) is 9.59 Å². The van der Waals surface area contributed by atoms with Crippen LogP contribution in [0, 0.1) is 0 Å². The summed E-state index contributed by atoms with van der Waals surface area (Å²) in [6, 6.07) is -1.13. The van der Waals surface area contributed by atoms with Crippen molar-refractivity contribution < 1.29 is 86.9 Å². The van der Waals surface area contributed by atoms with Crippen LogP contribution in [0.4, 0.5) is 0 Å². The van der Waals surface area contributed by atoms with Gasteiger partial charge >= 0.3 is 71.1 Å². The Morgan fingerprint density at radius 2 is 1.79 bits per heavy atom. The van der Waals surface area contributed by atoms with E-state index in [1.54, 1.807) is 0 Å². The fraction of sp³-hybridized carbons (Fsp3) is 0.667. The molecule has 0 bridgehead atoms. The number of hydrogen-bond acceptors (Lipinski definition) is 4. The van der Waals surface area contributed by atoms with Gasteiger partial charge in [0.15, 0.2) is 0 Å². The number of rotatable bonds is 6. The molecule has 0 aliphatic rings. The summed E-state index contributed by atoms with van der Waals surface area (Å²) in [5.74, 6) is -2.42. The average molecular weight is 225 g/mol. The Bertz CT molecular complexity index is 186. The van der Waals surface area contributed by atoms with Crippen molar-refractivity contribution in [3.63, 3.8) is 0 Å². The molecule has 0 aliphatic carbocycles. The number of carboxylic acid groups (broad SMARTS) is 2. The Hall–Kier alpha value is 0.860. The number of aliphatic hydroxyl groups excluding tert-OH is 1. The first-order valence-electron chi connectivity index (χ1n) is 3.36. The van der Waals surface area contributed by atoms with Crippen molar-refractivity contribution in [2.24, 2.45) is 0 Å². The summed E-state index contributed by atoms with van der Waals surface area (Å²) in [6.45, 7) is -0.145. The van der Waals surface area contributed by atoms with Crippen LogP contribution in [0.2, 0.25) is 0 Å². The topological polar surface area (TPSA) is 107 Å². The minimum atomic E-state index is -1.23. The van der Waals surface area contributed by atoms with E-state index in [0.29, 0.717) is 0 Å². The molecule has 0 radical (unpaired) electrons. The first-order valence-corrected chi connectivity index (χ1v) is 3.36. The Morgan fingerprint density at radius 1 is 1.29 bits per heavy atom. The minimum absolute atomic E-state index is 0. The number of hydrogen-bond donors (Lipinski definition) is 4. The zero-order valence-electron chi connectivity index (χ0n) is 10.4. The molecule has 1 atom stereocenters. The summed E-state index contributed by atoms with van der Waals surface area (Å²) < 4.78 is 0. The summed E-state index contributed by atoms with van der Waals surface area (Å²) in [5.41, 5.74) is 0. The van der Waals surface area contributed by atoms with Crippen LogP contribution in [-0.4, -0.2) is 46.5 Å². The van der Waals surface area contributed by atoms with Crippen LogP contribution in [0.1, 0.15) is 9.27 Å².